The molecule has 1 saturated carbocycles. The Morgan fingerprint density at radius 3 is 2.62 bits per heavy atom. The molecule has 132 valence electrons. The number of rotatable bonds is 4. The summed E-state index contributed by atoms with van der Waals surface area (Å²) in [6.45, 7) is 6.44. The van der Waals surface area contributed by atoms with Crippen LogP contribution in [0.2, 0.25) is 0 Å². The van der Waals surface area contributed by atoms with Gasteiger partial charge in [0.15, 0.2) is 5.11 Å². The number of amides is 1. The molecule has 0 aliphatic heterocycles. The Morgan fingerprint density at radius 1 is 1.21 bits per heavy atom. The molecule has 1 aromatic rings. The highest BCUT2D eigenvalue weighted by Crippen LogP contribution is 2.29. The molecule has 1 aliphatic carbocycles. The van der Waals surface area contributed by atoms with E-state index in [1.165, 1.54) is 24.6 Å². The Morgan fingerprint density at radius 2 is 1.92 bits per heavy atom. The first-order valence-electron chi connectivity index (χ1n) is 8.55. The van der Waals surface area contributed by atoms with Gasteiger partial charge < -0.3 is 5.32 Å². The molecule has 0 spiro atoms. The highest BCUT2D eigenvalue weighted by molar-refractivity contribution is 8.00. The number of hydrogen-bond acceptors (Lipinski definition) is 3. The van der Waals surface area contributed by atoms with Gasteiger partial charge in [-0.25, -0.2) is 0 Å². The van der Waals surface area contributed by atoms with Gasteiger partial charge in [0.1, 0.15) is 0 Å². The molecular formula is C18H27N3OS2. The molecule has 0 unspecified atom stereocenters. The molecule has 0 heterocycles. The molecule has 24 heavy (non-hydrogen) atoms. The lowest BCUT2D eigenvalue weighted by molar-refractivity contribution is -0.120. The number of carbonyl (C=O) groups is 1. The van der Waals surface area contributed by atoms with Crippen LogP contribution in [0.25, 0.3) is 0 Å². The van der Waals surface area contributed by atoms with Crippen LogP contribution in [-0.4, -0.2) is 22.3 Å². The molecule has 4 nitrogen and oxygen atoms in total. The Balaban J connectivity index is 1.73. The van der Waals surface area contributed by atoms with E-state index in [1.54, 1.807) is 0 Å². The average Bonchev–Trinajstić information content (AvgIpc) is 2.57. The van der Waals surface area contributed by atoms with Gasteiger partial charge in [-0.3, -0.25) is 15.6 Å². The number of thiocarbonyl (C=S) groups is 1. The fraction of sp³-hybridized carbons (Fsp3) is 0.556. The molecule has 0 saturated heterocycles. The number of nitrogens with one attached hydrogen (secondary N) is 3. The maximum absolute atomic E-state index is 12.2. The number of benzene rings is 1. The maximum atomic E-state index is 12.2. The van der Waals surface area contributed by atoms with Gasteiger partial charge >= 0.3 is 0 Å². The van der Waals surface area contributed by atoms with E-state index in [0.29, 0.717) is 23.0 Å². The van der Waals surface area contributed by atoms with Crippen molar-refractivity contribution in [2.75, 3.05) is 0 Å². The average molecular weight is 366 g/mol. The van der Waals surface area contributed by atoms with E-state index in [4.69, 9.17) is 12.2 Å². The Hall–Kier alpha value is -1.27. The molecule has 4 atom stereocenters. The van der Waals surface area contributed by atoms with E-state index < -0.39 is 0 Å². The standard InChI is InChI=1S/C18H27N3OS2/c1-12-8-7-11-16(13(12)2)19-18(23)21-20-17(22)14(3)24-15-9-5-4-6-10-15/h4-6,9-10,12-14,16H,7-8,11H2,1-3H3,(H,20,22)(H2,19,21,23)/t12-,13+,14+,16+/m0/s1. The van der Waals surface area contributed by atoms with Crippen LogP contribution in [0.4, 0.5) is 0 Å². The van der Waals surface area contributed by atoms with Crippen LogP contribution in [-0.2, 0) is 4.79 Å². The zero-order valence-electron chi connectivity index (χ0n) is 14.5. The minimum atomic E-state index is -0.198. The fourth-order valence-electron chi connectivity index (χ4n) is 2.97. The maximum Gasteiger partial charge on any atom is 0.251 e. The Labute approximate surface area is 154 Å². The molecule has 0 radical (unpaired) electrons. The molecule has 2 rings (SSSR count). The zero-order valence-corrected chi connectivity index (χ0v) is 16.2. The fourth-order valence-corrected chi connectivity index (χ4v) is 4.06. The van der Waals surface area contributed by atoms with Gasteiger partial charge in [-0.2, -0.15) is 0 Å². The molecule has 1 amide bonds. The summed E-state index contributed by atoms with van der Waals surface area (Å²) >= 11 is 6.84. The molecule has 1 fully saturated rings. The Kier molecular flexibility index (Phi) is 7.37. The van der Waals surface area contributed by atoms with Crippen LogP contribution in [0.3, 0.4) is 0 Å². The van der Waals surface area contributed by atoms with Crippen molar-refractivity contribution in [3.63, 3.8) is 0 Å². The van der Waals surface area contributed by atoms with Gasteiger partial charge in [0.05, 0.1) is 5.25 Å². The predicted molar refractivity (Wildman–Crippen MR) is 105 cm³/mol. The third kappa shape index (κ3) is 5.67. The third-order valence-corrected chi connectivity index (χ3v) is 6.08. The highest BCUT2D eigenvalue weighted by atomic mass is 32.2. The summed E-state index contributed by atoms with van der Waals surface area (Å²) in [6.07, 6.45) is 3.63. The molecule has 3 N–H and O–H groups in total. The normalized spacial score (nSPS) is 24.7. The molecule has 0 bridgehead atoms. The summed E-state index contributed by atoms with van der Waals surface area (Å²) in [5.41, 5.74) is 5.54. The first kappa shape index (κ1) is 19.1. The molecule has 0 aromatic heterocycles. The van der Waals surface area contributed by atoms with E-state index in [9.17, 15) is 4.79 Å². The van der Waals surface area contributed by atoms with Crippen molar-refractivity contribution >= 4 is 35.0 Å². The van der Waals surface area contributed by atoms with E-state index in [2.05, 4.69) is 30.0 Å². The topological polar surface area (TPSA) is 53.2 Å². The summed E-state index contributed by atoms with van der Waals surface area (Å²) < 4.78 is 0. The van der Waals surface area contributed by atoms with Crippen molar-refractivity contribution in [1.29, 1.82) is 0 Å². The second-order valence-electron chi connectivity index (χ2n) is 6.53. The van der Waals surface area contributed by atoms with Crippen molar-refractivity contribution in [3.05, 3.63) is 30.3 Å². The summed E-state index contributed by atoms with van der Waals surface area (Å²) in [7, 11) is 0. The second-order valence-corrected chi connectivity index (χ2v) is 8.36. The molecule has 1 aliphatic rings. The smallest absolute Gasteiger partial charge is 0.251 e. The van der Waals surface area contributed by atoms with Crippen LogP contribution in [0, 0.1) is 11.8 Å². The van der Waals surface area contributed by atoms with Crippen LogP contribution in [0.15, 0.2) is 35.2 Å². The van der Waals surface area contributed by atoms with E-state index in [1.807, 2.05) is 37.3 Å². The largest absolute Gasteiger partial charge is 0.358 e. The molecular weight excluding hydrogens is 338 g/mol. The number of thioether (sulfide) groups is 1. The second kappa shape index (κ2) is 9.28. The number of hydrogen-bond donors (Lipinski definition) is 3. The lowest BCUT2D eigenvalue weighted by atomic mass is 9.78. The molecule has 6 heteroatoms. The summed E-state index contributed by atoms with van der Waals surface area (Å²) in [5.74, 6) is 1.20. The predicted octanol–water partition coefficient (Wildman–Crippen LogP) is 3.49. The SMILES string of the molecule is C[C@@H]1[C@@H](C)CCC[C@H]1NC(=S)NNC(=O)[C@@H](C)Sc1ccccc1. The van der Waals surface area contributed by atoms with Gasteiger partial charge in [0, 0.05) is 10.9 Å². The van der Waals surface area contributed by atoms with Crippen molar-refractivity contribution in [3.8, 4) is 0 Å². The van der Waals surface area contributed by atoms with E-state index in [-0.39, 0.29) is 11.2 Å². The van der Waals surface area contributed by atoms with Gasteiger partial charge in [-0.1, -0.05) is 44.9 Å². The van der Waals surface area contributed by atoms with Crippen molar-refractivity contribution < 1.29 is 4.79 Å². The van der Waals surface area contributed by atoms with Crippen molar-refractivity contribution in [1.82, 2.24) is 16.2 Å². The van der Waals surface area contributed by atoms with E-state index >= 15 is 0 Å². The first-order valence-corrected chi connectivity index (χ1v) is 9.84. The van der Waals surface area contributed by atoms with Gasteiger partial charge in [-0.15, -0.1) is 11.8 Å². The van der Waals surface area contributed by atoms with Gasteiger partial charge in [0.2, 0.25) is 0 Å². The lowest BCUT2D eigenvalue weighted by Gasteiger charge is -2.35. The van der Waals surface area contributed by atoms with Crippen LogP contribution in [0.1, 0.15) is 40.0 Å². The number of hydrazine groups is 1. The third-order valence-electron chi connectivity index (χ3n) is 4.75. The first-order chi connectivity index (χ1) is 11.5. The van der Waals surface area contributed by atoms with Crippen LogP contribution >= 0.6 is 24.0 Å². The van der Waals surface area contributed by atoms with Crippen LogP contribution in [0.5, 0.6) is 0 Å². The minimum Gasteiger partial charge on any atom is -0.358 e. The summed E-state index contributed by atoms with van der Waals surface area (Å²) in [6, 6.07) is 10.3. The number of carbonyl (C=O) groups excluding carboxylic acids is 1. The minimum absolute atomic E-state index is 0.0851. The quantitative estimate of drug-likeness (QED) is 0.433. The van der Waals surface area contributed by atoms with Crippen molar-refractivity contribution in [2.45, 2.75) is 56.2 Å². The summed E-state index contributed by atoms with van der Waals surface area (Å²) in [4.78, 5) is 13.3. The summed E-state index contributed by atoms with van der Waals surface area (Å²) in [5, 5.41) is 3.64. The molecule has 1 aromatic carbocycles. The lowest BCUT2D eigenvalue weighted by Crippen LogP contribution is -2.53. The van der Waals surface area contributed by atoms with Crippen LogP contribution < -0.4 is 16.2 Å². The highest BCUT2D eigenvalue weighted by Gasteiger charge is 2.27. The van der Waals surface area contributed by atoms with Crippen molar-refractivity contribution in [2.24, 2.45) is 11.8 Å². The Bertz CT molecular complexity index is 552. The monoisotopic (exact) mass is 365 g/mol. The van der Waals surface area contributed by atoms with Gasteiger partial charge in [-0.05, 0) is 49.5 Å². The zero-order chi connectivity index (χ0) is 17.5. The van der Waals surface area contributed by atoms with E-state index in [0.717, 1.165) is 11.3 Å². The van der Waals surface area contributed by atoms with Gasteiger partial charge in [0.25, 0.3) is 5.91 Å².